The van der Waals surface area contributed by atoms with Gasteiger partial charge >= 0.3 is 0 Å². The molecule has 6 heteroatoms. The number of para-hydroxylation sites is 1. The third-order valence-electron chi connectivity index (χ3n) is 4.63. The number of aliphatic imine (C=N–C) groups is 1. The molecular weight excluding hydrogens is 451 g/mol. The lowest BCUT2D eigenvalue weighted by molar-refractivity contribution is 0.253. The third kappa shape index (κ3) is 8.09. The quantitative estimate of drug-likeness (QED) is 0.195. The van der Waals surface area contributed by atoms with Crippen LogP contribution in [0.4, 0.5) is 0 Å². The molecule has 27 heavy (non-hydrogen) atoms. The molecule has 0 aliphatic rings. The lowest BCUT2D eigenvalue weighted by atomic mass is 10.0. The first-order chi connectivity index (χ1) is 12.8. The third-order valence-corrected chi connectivity index (χ3v) is 4.63. The summed E-state index contributed by atoms with van der Waals surface area (Å²) in [6.45, 7) is 8.01. The average molecular weight is 486 g/mol. The smallest absolute Gasteiger partial charge is 0.191 e. The van der Waals surface area contributed by atoms with Gasteiger partial charge in [-0.3, -0.25) is 4.99 Å². The molecule has 152 valence electrons. The molecule has 1 aromatic heterocycles. The molecule has 2 aromatic rings. The molecule has 0 amide bonds. The Balaban J connectivity index is 0.00000364. The zero-order valence-corrected chi connectivity index (χ0v) is 19.0. The van der Waals surface area contributed by atoms with Crippen LogP contribution in [0.5, 0.6) is 0 Å². The molecule has 0 saturated carbocycles. The van der Waals surface area contributed by atoms with Crippen molar-refractivity contribution in [3.8, 4) is 0 Å². The SMILES string of the molecule is CCCC(CCO)CN=C(NCC)NCCCn1ccc2ccccc21.I. The Morgan fingerprint density at radius 2 is 1.96 bits per heavy atom. The summed E-state index contributed by atoms with van der Waals surface area (Å²) in [6.07, 6.45) is 6.28. The van der Waals surface area contributed by atoms with E-state index in [9.17, 15) is 5.11 Å². The summed E-state index contributed by atoms with van der Waals surface area (Å²) < 4.78 is 2.31. The highest BCUT2D eigenvalue weighted by Gasteiger charge is 2.07. The number of nitrogens with zero attached hydrogens (tertiary/aromatic N) is 2. The van der Waals surface area contributed by atoms with Gasteiger partial charge in [0.25, 0.3) is 0 Å². The predicted octanol–water partition coefficient (Wildman–Crippen LogP) is 4.00. The molecule has 0 aliphatic heterocycles. The van der Waals surface area contributed by atoms with Gasteiger partial charge in [0.1, 0.15) is 0 Å². The summed E-state index contributed by atoms with van der Waals surface area (Å²) in [7, 11) is 0. The molecule has 1 unspecified atom stereocenters. The topological polar surface area (TPSA) is 61.6 Å². The molecule has 0 aliphatic carbocycles. The van der Waals surface area contributed by atoms with Crippen LogP contribution in [0.2, 0.25) is 0 Å². The Morgan fingerprint density at radius 1 is 1.15 bits per heavy atom. The average Bonchev–Trinajstić information content (AvgIpc) is 3.06. The Morgan fingerprint density at radius 3 is 2.70 bits per heavy atom. The van der Waals surface area contributed by atoms with Crippen LogP contribution in [-0.2, 0) is 6.54 Å². The van der Waals surface area contributed by atoms with Crippen molar-refractivity contribution in [2.75, 3.05) is 26.2 Å². The van der Waals surface area contributed by atoms with Crippen LogP contribution in [-0.4, -0.2) is 41.9 Å². The molecule has 0 radical (unpaired) electrons. The fraction of sp³-hybridized carbons (Fsp3) is 0.571. The summed E-state index contributed by atoms with van der Waals surface area (Å²) >= 11 is 0. The van der Waals surface area contributed by atoms with Gasteiger partial charge in [-0.2, -0.15) is 0 Å². The van der Waals surface area contributed by atoms with E-state index in [0.717, 1.165) is 57.8 Å². The van der Waals surface area contributed by atoms with Crippen molar-refractivity contribution in [2.24, 2.45) is 10.9 Å². The first-order valence-corrected chi connectivity index (χ1v) is 9.95. The van der Waals surface area contributed by atoms with Gasteiger partial charge in [-0.1, -0.05) is 31.5 Å². The first kappa shape index (κ1) is 23.8. The van der Waals surface area contributed by atoms with Crippen molar-refractivity contribution in [3.63, 3.8) is 0 Å². The molecule has 1 heterocycles. The van der Waals surface area contributed by atoms with Crippen molar-refractivity contribution >= 4 is 40.8 Å². The van der Waals surface area contributed by atoms with Crippen molar-refractivity contribution < 1.29 is 5.11 Å². The predicted molar refractivity (Wildman–Crippen MR) is 126 cm³/mol. The zero-order valence-electron chi connectivity index (χ0n) is 16.7. The van der Waals surface area contributed by atoms with E-state index < -0.39 is 0 Å². The van der Waals surface area contributed by atoms with Gasteiger partial charge in [0.2, 0.25) is 0 Å². The van der Waals surface area contributed by atoms with Gasteiger partial charge in [-0.05, 0) is 49.6 Å². The number of rotatable bonds is 11. The molecule has 0 fully saturated rings. The van der Waals surface area contributed by atoms with Gasteiger partial charge in [-0.25, -0.2) is 0 Å². The highest BCUT2D eigenvalue weighted by atomic mass is 127. The summed E-state index contributed by atoms with van der Waals surface area (Å²) in [4.78, 5) is 4.71. The molecule has 1 atom stereocenters. The maximum absolute atomic E-state index is 9.19. The van der Waals surface area contributed by atoms with E-state index in [2.05, 4.69) is 65.6 Å². The monoisotopic (exact) mass is 486 g/mol. The van der Waals surface area contributed by atoms with Crippen LogP contribution in [0, 0.1) is 5.92 Å². The highest BCUT2D eigenvalue weighted by molar-refractivity contribution is 14.0. The van der Waals surface area contributed by atoms with Crippen LogP contribution in [0.15, 0.2) is 41.5 Å². The molecule has 0 bridgehead atoms. The van der Waals surface area contributed by atoms with Gasteiger partial charge in [-0.15, -0.1) is 24.0 Å². The lowest BCUT2D eigenvalue weighted by Crippen LogP contribution is -2.38. The van der Waals surface area contributed by atoms with Crippen molar-refractivity contribution in [1.29, 1.82) is 0 Å². The van der Waals surface area contributed by atoms with Gasteiger partial charge < -0.3 is 20.3 Å². The van der Waals surface area contributed by atoms with Gasteiger partial charge in [0.05, 0.1) is 0 Å². The number of aliphatic hydroxyl groups excluding tert-OH is 1. The van der Waals surface area contributed by atoms with E-state index in [-0.39, 0.29) is 30.6 Å². The van der Waals surface area contributed by atoms with E-state index >= 15 is 0 Å². The molecule has 0 spiro atoms. The Hall–Kier alpha value is -1.28. The van der Waals surface area contributed by atoms with Crippen molar-refractivity contribution in [2.45, 2.75) is 46.1 Å². The van der Waals surface area contributed by atoms with E-state index in [1.165, 1.54) is 10.9 Å². The number of aryl methyl sites for hydroxylation is 1. The minimum absolute atomic E-state index is 0. The standard InChI is InChI=1S/C21H34N4O.HI/c1-3-8-18(12-16-26)17-24-21(22-4-2)23-13-7-14-25-15-11-19-9-5-6-10-20(19)25;/h5-6,9-11,15,18,26H,3-4,7-8,12-14,16-17H2,1-2H3,(H2,22,23,24);1H. The molecule has 1 aromatic carbocycles. The number of halogens is 1. The fourth-order valence-electron chi connectivity index (χ4n) is 3.27. The number of benzene rings is 1. The Bertz CT molecular complexity index is 665. The number of nitrogens with one attached hydrogen (secondary N) is 2. The summed E-state index contributed by atoms with van der Waals surface area (Å²) in [5, 5.41) is 17.2. The first-order valence-electron chi connectivity index (χ1n) is 9.95. The molecular formula is C21H35IN4O. The Labute approximate surface area is 180 Å². The van der Waals surface area contributed by atoms with Crippen LogP contribution in [0.1, 0.15) is 39.5 Å². The summed E-state index contributed by atoms with van der Waals surface area (Å²) in [5.41, 5.74) is 1.29. The number of hydrogen-bond acceptors (Lipinski definition) is 2. The van der Waals surface area contributed by atoms with E-state index in [4.69, 9.17) is 4.99 Å². The van der Waals surface area contributed by atoms with Crippen LogP contribution in [0.3, 0.4) is 0 Å². The maximum Gasteiger partial charge on any atom is 0.191 e. The Kier molecular flexibility index (Phi) is 12.2. The van der Waals surface area contributed by atoms with Crippen molar-refractivity contribution in [3.05, 3.63) is 36.5 Å². The second kappa shape index (κ2) is 13.8. The maximum atomic E-state index is 9.19. The highest BCUT2D eigenvalue weighted by Crippen LogP contribution is 2.15. The summed E-state index contributed by atoms with van der Waals surface area (Å²) in [5.74, 6) is 1.34. The molecule has 2 rings (SSSR count). The van der Waals surface area contributed by atoms with Gasteiger partial charge in [0.15, 0.2) is 5.96 Å². The number of aromatic nitrogens is 1. The largest absolute Gasteiger partial charge is 0.396 e. The van der Waals surface area contributed by atoms with E-state index in [1.807, 2.05) is 0 Å². The van der Waals surface area contributed by atoms with Gasteiger partial charge in [0, 0.05) is 44.5 Å². The fourth-order valence-corrected chi connectivity index (χ4v) is 3.27. The lowest BCUT2D eigenvalue weighted by Gasteiger charge is -2.15. The zero-order chi connectivity index (χ0) is 18.6. The van der Waals surface area contributed by atoms with Crippen LogP contribution < -0.4 is 10.6 Å². The normalized spacial score (nSPS) is 12.6. The summed E-state index contributed by atoms with van der Waals surface area (Å²) in [6, 6.07) is 10.7. The second-order valence-electron chi connectivity index (χ2n) is 6.73. The molecule has 0 saturated heterocycles. The molecule has 3 N–H and O–H groups in total. The number of guanidine groups is 1. The van der Waals surface area contributed by atoms with Crippen molar-refractivity contribution in [1.82, 2.24) is 15.2 Å². The number of aliphatic hydroxyl groups is 1. The van der Waals surface area contributed by atoms with E-state index in [1.54, 1.807) is 0 Å². The van der Waals surface area contributed by atoms with Crippen LogP contribution >= 0.6 is 24.0 Å². The molecule has 5 nitrogen and oxygen atoms in total. The second-order valence-corrected chi connectivity index (χ2v) is 6.73. The minimum Gasteiger partial charge on any atom is -0.396 e. The number of fused-ring (bicyclic) bond motifs is 1. The van der Waals surface area contributed by atoms with E-state index in [0.29, 0.717) is 5.92 Å². The van der Waals surface area contributed by atoms with Crippen LogP contribution in [0.25, 0.3) is 10.9 Å². The minimum atomic E-state index is 0. The number of hydrogen-bond donors (Lipinski definition) is 3.